The zero-order valence-corrected chi connectivity index (χ0v) is 14.3. The number of nitrogens with one attached hydrogen (secondary N) is 2. The van der Waals surface area contributed by atoms with Crippen molar-refractivity contribution < 1.29 is 10.0 Å². The van der Waals surface area contributed by atoms with Crippen molar-refractivity contribution in [1.82, 2.24) is 9.97 Å². The fourth-order valence-electron chi connectivity index (χ4n) is 2.68. The molecule has 0 aliphatic carbocycles. The fourth-order valence-corrected chi connectivity index (χ4v) is 2.68. The SMILES string of the molecule is CCNc1cc2nc(CO)nc(NCc3ccccc3)c2cc1[N+](=O)[O-]. The summed E-state index contributed by atoms with van der Waals surface area (Å²) in [5.74, 6) is 0.707. The fraction of sp³-hybridized carbons (Fsp3) is 0.222. The number of aliphatic hydroxyl groups excluding tert-OH is 1. The van der Waals surface area contributed by atoms with Gasteiger partial charge in [0.1, 0.15) is 18.1 Å². The van der Waals surface area contributed by atoms with Gasteiger partial charge in [-0.25, -0.2) is 9.97 Å². The van der Waals surface area contributed by atoms with Crippen LogP contribution in [0.2, 0.25) is 0 Å². The number of aliphatic hydroxyl groups is 1. The minimum absolute atomic E-state index is 0.0394. The summed E-state index contributed by atoms with van der Waals surface area (Å²) in [5.41, 5.74) is 1.92. The molecule has 3 rings (SSSR count). The summed E-state index contributed by atoms with van der Waals surface area (Å²) in [7, 11) is 0. The first kappa shape index (κ1) is 17.6. The number of hydrogen-bond acceptors (Lipinski definition) is 7. The van der Waals surface area contributed by atoms with E-state index in [9.17, 15) is 15.2 Å². The number of nitro groups is 1. The Morgan fingerprint density at radius 2 is 1.92 bits per heavy atom. The number of aromatic nitrogens is 2. The number of anilines is 2. The van der Waals surface area contributed by atoms with Gasteiger partial charge in [0.2, 0.25) is 0 Å². The lowest BCUT2D eigenvalue weighted by molar-refractivity contribution is -0.383. The molecule has 0 unspecified atom stereocenters. The number of benzene rings is 2. The van der Waals surface area contributed by atoms with Crippen molar-refractivity contribution >= 4 is 28.1 Å². The van der Waals surface area contributed by atoms with Gasteiger partial charge in [-0.3, -0.25) is 10.1 Å². The molecular formula is C18H19N5O3. The van der Waals surface area contributed by atoms with Gasteiger partial charge in [0.05, 0.1) is 10.4 Å². The Hall–Kier alpha value is -3.26. The van der Waals surface area contributed by atoms with Crippen LogP contribution in [0, 0.1) is 10.1 Å². The highest BCUT2D eigenvalue weighted by Crippen LogP contribution is 2.32. The average Bonchev–Trinajstić information content (AvgIpc) is 2.66. The normalized spacial score (nSPS) is 10.7. The maximum Gasteiger partial charge on any atom is 0.293 e. The largest absolute Gasteiger partial charge is 0.388 e. The lowest BCUT2D eigenvalue weighted by Crippen LogP contribution is -2.07. The van der Waals surface area contributed by atoms with Gasteiger partial charge in [-0.15, -0.1) is 0 Å². The van der Waals surface area contributed by atoms with Crippen molar-refractivity contribution in [2.24, 2.45) is 0 Å². The van der Waals surface area contributed by atoms with E-state index in [1.54, 1.807) is 6.07 Å². The molecule has 3 N–H and O–H groups in total. The third-order valence-corrected chi connectivity index (χ3v) is 3.87. The van der Waals surface area contributed by atoms with Crippen LogP contribution < -0.4 is 10.6 Å². The van der Waals surface area contributed by atoms with Crippen molar-refractivity contribution in [3.8, 4) is 0 Å². The van der Waals surface area contributed by atoms with Gasteiger partial charge in [0, 0.05) is 24.5 Å². The Balaban J connectivity index is 2.07. The molecule has 0 aliphatic rings. The zero-order valence-electron chi connectivity index (χ0n) is 14.3. The molecule has 3 aromatic rings. The molecule has 1 aromatic heterocycles. The predicted octanol–water partition coefficient (Wildman–Crippen LogP) is 3.07. The maximum atomic E-state index is 11.4. The van der Waals surface area contributed by atoms with E-state index >= 15 is 0 Å². The van der Waals surface area contributed by atoms with Crippen LogP contribution in [-0.2, 0) is 13.2 Å². The van der Waals surface area contributed by atoms with E-state index in [4.69, 9.17) is 0 Å². The van der Waals surface area contributed by atoms with Gasteiger partial charge < -0.3 is 15.7 Å². The summed E-state index contributed by atoms with van der Waals surface area (Å²) in [4.78, 5) is 19.6. The summed E-state index contributed by atoms with van der Waals surface area (Å²) < 4.78 is 0. The van der Waals surface area contributed by atoms with E-state index in [2.05, 4.69) is 20.6 Å². The second-order valence-corrected chi connectivity index (χ2v) is 5.66. The average molecular weight is 353 g/mol. The molecular weight excluding hydrogens is 334 g/mol. The smallest absolute Gasteiger partial charge is 0.293 e. The standard InChI is InChI=1S/C18H19N5O3/c1-2-19-15-9-14-13(8-16(15)23(25)26)18(22-17(11-24)21-14)20-10-12-6-4-3-5-7-12/h3-9,19,24H,2,10-11H2,1H3,(H,20,21,22). The van der Waals surface area contributed by atoms with E-state index in [0.717, 1.165) is 5.56 Å². The second-order valence-electron chi connectivity index (χ2n) is 5.66. The highest BCUT2D eigenvalue weighted by molar-refractivity contribution is 5.94. The summed E-state index contributed by atoms with van der Waals surface area (Å²) in [6.45, 7) is 2.59. The van der Waals surface area contributed by atoms with Crippen molar-refractivity contribution in [3.05, 3.63) is 64.0 Å². The minimum Gasteiger partial charge on any atom is -0.388 e. The van der Waals surface area contributed by atoms with Crippen molar-refractivity contribution in [2.45, 2.75) is 20.1 Å². The molecule has 0 fully saturated rings. The number of hydrogen-bond donors (Lipinski definition) is 3. The Morgan fingerprint density at radius 3 is 2.58 bits per heavy atom. The molecule has 0 radical (unpaired) electrons. The molecule has 0 aliphatic heterocycles. The Kier molecular flexibility index (Phi) is 5.23. The van der Waals surface area contributed by atoms with Crippen LogP contribution in [0.1, 0.15) is 18.3 Å². The van der Waals surface area contributed by atoms with Gasteiger partial charge in [-0.05, 0) is 18.6 Å². The molecule has 0 amide bonds. The van der Waals surface area contributed by atoms with Crippen molar-refractivity contribution in [1.29, 1.82) is 0 Å². The van der Waals surface area contributed by atoms with Gasteiger partial charge in [-0.2, -0.15) is 0 Å². The summed E-state index contributed by atoms with van der Waals surface area (Å²) in [6, 6.07) is 12.8. The summed E-state index contributed by atoms with van der Waals surface area (Å²) in [5, 5.41) is 27.6. The van der Waals surface area contributed by atoms with Crippen LogP contribution in [0.3, 0.4) is 0 Å². The van der Waals surface area contributed by atoms with Crippen LogP contribution in [0.4, 0.5) is 17.2 Å². The zero-order chi connectivity index (χ0) is 18.5. The van der Waals surface area contributed by atoms with E-state index in [-0.39, 0.29) is 18.1 Å². The number of nitrogens with zero attached hydrogens (tertiary/aromatic N) is 3. The molecule has 8 nitrogen and oxygen atoms in total. The van der Waals surface area contributed by atoms with Gasteiger partial charge in [-0.1, -0.05) is 30.3 Å². The maximum absolute atomic E-state index is 11.4. The van der Waals surface area contributed by atoms with Crippen LogP contribution in [0.15, 0.2) is 42.5 Å². The molecule has 26 heavy (non-hydrogen) atoms. The second kappa shape index (κ2) is 7.75. The first-order valence-electron chi connectivity index (χ1n) is 8.24. The predicted molar refractivity (Wildman–Crippen MR) is 100 cm³/mol. The third kappa shape index (κ3) is 3.70. The third-order valence-electron chi connectivity index (χ3n) is 3.87. The summed E-state index contributed by atoms with van der Waals surface area (Å²) >= 11 is 0. The molecule has 0 saturated carbocycles. The van der Waals surface area contributed by atoms with Gasteiger partial charge in [0.15, 0.2) is 5.82 Å². The number of nitro benzene ring substituents is 1. The van der Waals surface area contributed by atoms with Crippen LogP contribution in [0.5, 0.6) is 0 Å². The molecule has 134 valence electrons. The molecule has 0 saturated heterocycles. The lowest BCUT2D eigenvalue weighted by atomic mass is 10.1. The van der Waals surface area contributed by atoms with E-state index < -0.39 is 4.92 Å². The summed E-state index contributed by atoms with van der Waals surface area (Å²) in [6.07, 6.45) is 0. The van der Waals surface area contributed by atoms with Crippen LogP contribution in [0.25, 0.3) is 10.9 Å². The van der Waals surface area contributed by atoms with Crippen LogP contribution >= 0.6 is 0 Å². The highest BCUT2D eigenvalue weighted by atomic mass is 16.6. The Bertz CT molecular complexity index is 931. The molecule has 1 heterocycles. The van der Waals surface area contributed by atoms with E-state index in [1.165, 1.54) is 6.07 Å². The molecule has 2 aromatic carbocycles. The van der Waals surface area contributed by atoms with E-state index in [1.807, 2.05) is 37.3 Å². The van der Waals surface area contributed by atoms with Gasteiger partial charge >= 0.3 is 0 Å². The van der Waals surface area contributed by atoms with Crippen molar-refractivity contribution in [3.63, 3.8) is 0 Å². The highest BCUT2D eigenvalue weighted by Gasteiger charge is 2.18. The minimum atomic E-state index is -0.432. The quantitative estimate of drug-likeness (QED) is 0.442. The van der Waals surface area contributed by atoms with Crippen LogP contribution in [-0.4, -0.2) is 26.5 Å². The Labute approximate surface area is 150 Å². The Morgan fingerprint density at radius 1 is 1.15 bits per heavy atom. The lowest BCUT2D eigenvalue weighted by Gasteiger charge is -2.12. The monoisotopic (exact) mass is 353 g/mol. The van der Waals surface area contributed by atoms with Gasteiger partial charge in [0.25, 0.3) is 5.69 Å². The molecule has 0 bridgehead atoms. The first-order chi connectivity index (χ1) is 12.6. The van der Waals surface area contributed by atoms with E-state index in [0.29, 0.717) is 35.5 Å². The van der Waals surface area contributed by atoms with Crippen molar-refractivity contribution in [2.75, 3.05) is 17.2 Å². The molecule has 0 spiro atoms. The molecule has 8 heteroatoms. The number of rotatable bonds is 7. The topological polar surface area (TPSA) is 113 Å². The molecule has 0 atom stereocenters. The number of fused-ring (bicyclic) bond motifs is 1. The first-order valence-corrected chi connectivity index (χ1v) is 8.24.